The molecule has 0 rings (SSSR count). The van der Waals surface area contributed by atoms with Crippen LogP contribution in [0, 0.1) is 0 Å². The maximum absolute atomic E-state index is 11.8. The first-order valence-electron chi connectivity index (χ1n) is 10.6. The van der Waals surface area contributed by atoms with Gasteiger partial charge in [0, 0.05) is 39.3 Å². The van der Waals surface area contributed by atoms with E-state index in [1.165, 1.54) is 0 Å². The van der Waals surface area contributed by atoms with Gasteiger partial charge in [0.2, 0.25) is 0 Å². The SMILES string of the molecule is CC(C)(C)OC(=O)NCCN(CCNC(=O)OC(C)(C)C)CCNC(=O)OC(C)(C)C. The van der Waals surface area contributed by atoms with Gasteiger partial charge < -0.3 is 30.2 Å². The number of ether oxygens (including phenoxy) is 3. The van der Waals surface area contributed by atoms with Crippen molar-refractivity contribution in [2.75, 3.05) is 39.3 Å². The van der Waals surface area contributed by atoms with Crippen molar-refractivity contribution in [1.82, 2.24) is 20.9 Å². The van der Waals surface area contributed by atoms with E-state index in [-0.39, 0.29) is 0 Å². The van der Waals surface area contributed by atoms with Crippen LogP contribution in [0.4, 0.5) is 14.4 Å². The number of nitrogens with one attached hydrogen (secondary N) is 3. The predicted molar refractivity (Wildman–Crippen MR) is 119 cm³/mol. The normalized spacial score (nSPS) is 12.2. The van der Waals surface area contributed by atoms with Crippen molar-refractivity contribution < 1.29 is 28.6 Å². The van der Waals surface area contributed by atoms with E-state index in [1.54, 1.807) is 62.3 Å². The summed E-state index contributed by atoms with van der Waals surface area (Å²) in [5.41, 5.74) is -1.71. The quantitative estimate of drug-likeness (QED) is 0.466. The van der Waals surface area contributed by atoms with E-state index in [9.17, 15) is 14.4 Å². The van der Waals surface area contributed by atoms with E-state index in [0.29, 0.717) is 39.3 Å². The molecule has 0 bridgehead atoms. The first kappa shape index (κ1) is 28.8. The van der Waals surface area contributed by atoms with E-state index in [4.69, 9.17) is 14.2 Å². The summed E-state index contributed by atoms with van der Waals surface area (Å²) >= 11 is 0. The summed E-state index contributed by atoms with van der Waals surface area (Å²) in [5.74, 6) is 0. The molecule has 0 unspecified atom stereocenters. The molecule has 3 N–H and O–H groups in total. The number of rotatable bonds is 9. The van der Waals surface area contributed by atoms with Crippen molar-refractivity contribution in [3.05, 3.63) is 0 Å². The molecule has 10 heteroatoms. The van der Waals surface area contributed by atoms with Gasteiger partial charge in [0.15, 0.2) is 0 Å². The second-order valence-electron chi connectivity index (χ2n) is 10.1. The van der Waals surface area contributed by atoms with Crippen LogP contribution in [0.5, 0.6) is 0 Å². The molecule has 0 atom stereocenters. The molecule has 0 saturated carbocycles. The van der Waals surface area contributed by atoms with Gasteiger partial charge in [-0.3, -0.25) is 4.90 Å². The molecule has 0 aromatic heterocycles. The standard InChI is InChI=1S/C21H42N4O6/c1-19(2,3)29-16(26)22-10-13-25(14-11-23-17(27)30-20(4,5)6)15-12-24-18(28)31-21(7,8)9/h10-15H2,1-9H3,(H,22,26)(H,23,27)(H,24,28). The highest BCUT2D eigenvalue weighted by atomic mass is 16.6. The van der Waals surface area contributed by atoms with E-state index < -0.39 is 35.1 Å². The molecule has 0 aromatic rings. The summed E-state index contributed by atoms with van der Waals surface area (Å²) in [7, 11) is 0. The lowest BCUT2D eigenvalue weighted by molar-refractivity contribution is 0.0520. The number of hydrogen-bond acceptors (Lipinski definition) is 7. The Labute approximate surface area is 186 Å². The second-order valence-corrected chi connectivity index (χ2v) is 10.1. The Hall–Kier alpha value is -2.23. The lowest BCUT2D eigenvalue weighted by Gasteiger charge is -2.25. The van der Waals surface area contributed by atoms with Crippen LogP contribution in [-0.4, -0.2) is 79.3 Å². The first-order valence-corrected chi connectivity index (χ1v) is 10.6. The summed E-state index contributed by atoms with van der Waals surface area (Å²) in [6.07, 6.45) is -1.48. The Balaban J connectivity index is 4.55. The first-order chi connectivity index (χ1) is 14.0. The average Bonchev–Trinajstić information content (AvgIpc) is 2.49. The Morgan fingerprint density at radius 2 is 0.774 bits per heavy atom. The fourth-order valence-electron chi connectivity index (χ4n) is 2.23. The van der Waals surface area contributed by atoms with E-state index in [1.807, 2.05) is 4.90 Å². The summed E-state index contributed by atoms with van der Waals surface area (Å²) in [4.78, 5) is 37.4. The third kappa shape index (κ3) is 19.5. The van der Waals surface area contributed by atoms with Crippen molar-refractivity contribution in [3.8, 4) is 0 Å². The number of carbonyl (C=O) groups excluding carboxylic acids is 3. The number of hydrogen-bond donors (Lipinski definition) is 3. The molecule has 0 aliphatic heterocycles. The molecular formula is C21H42N4O6. The minimum Gasteiger partial charge on any atom is -0.444 e. The smallest absolute Gasteiger partial charge is 0.407 e. The van der Waals surface area contributed by atoms with Crippen LogP contribution < -0.4 is 16.0 Å². The molecule has 31 heavy (non-hydrogen) atoms. The zero-order chi connectivity index (χ0) is 24.3. The number of carbonyl (C=O) groups is 3. The van der Waals surface area contributed by atoms with Gasteiger partial charge >= 0.3 is 18.3 Å². The molecule has 10 nitrogen and oxygen atoms in total. The van der Waals surface area contributed by atoms with Crippen molar-refractivity contribution in [3.63, 3.8) is 0 Å². The zero-order valence-electron chi connectivity index (χ0n) is 20.6. The summed E-state index contributed by atoms with van der Waals surface area (Å²) in [5, 5.41) is 8.11. The average molecular weight is 447 g/mol. The summed E-state index contributed by atoms with van der Waals surface area (Å²) in [6, 6.07) is 0. The van der Waals surface area contributed by atoms with Crippen LogP contribution in [0.25, 0.3) is 0 Å². The molecule has 0 fully saturated rings. The van der Waals surface area contributed by atoms with Crippen molar-refractivity contribution >= 4 is 18.3 Å². The fraction of sp³-hybridized carbons (Fsp3) is 0.857. The number of amides is 3. The number of nitrogens with zero attached hydrogens (tertiary/aromatic N) is 1. The van der Waals surface area contributed by atoms with Gasteiger partial charge in [-0.25, -0.2) is 14.4 Å². The van der Waals surface area contributed by atoms with E-state index in [2.05, 4.69) is 16.0 Å². The molecule has 0 aliphatic rings. The van der Waals surface area contributed by atoms with Crippen molar-refractivity contribution in [1.29, 1.82) is 0 Å². The summed E-state index contributed by atoms with van der Waals surface area (Å²) < 4.78 is 15.7. The molecule has 0 radical (unpaired) electrons. The van der Waals surface area contributed by atoms with Gasteiger partial charge in [-0.05, 0) is 62.3 Å². The zero-order valence-corrected chi connectivity index (χ0v) is 20.6. The molecule has 0 aromatic carbocycles. The fourth-order valence-corrected chi connectivity index (χ4v) is 2.23. The Bertz CT molecular complexity index is 495. The molecule has 182 valence electrons. The van der Waals surface area contributed by atoms with Crippen LogP contribution in [0.3, 0.4) is 0 Å². The molecular weight excluding hydrogens is 404 g/mol. The van der Waals surface area contributed by atoms with Gasteiger partial charge in [-0.15, -0.1) is 0 Å². The van der Waals surface area contributed by atoms with Crippen LogP contribution in [0.15, 0.2) is 0 Å². The van der Waals surface area contributed by atoms with Gasteiger partial charge in [-0.2, -0.15) is 0 Å². The maximum atomic E-state index is 11.8. The van der Waals surface area contributed by atoms with E-state index in [0.717, 1.165) is 0 Å². The second kappa shape index (κ2) is 12.6. The third-order valence-corrected chi connectivity index (χ3v) is 3.29. The Morgan fingerprint density at radius 3 is 0.968 bits per heavy atom. The van der Waals surface area contributed by atoms with Crippen molar-refractivity contribution in [2.45, 2.75) is 79.1 Å². The molecule has 0 aliphatic carbocycles. The molecule has 0 saturated heterocycles. The van der Waals surface area contributed by atoms with E-state index >= 15 is 0 Å². The monoisotopic (exact) mass is 446 g/mol. The highest BCUT2D eigenvalue weighted by Crippen LogP contribution is 2.07. The summed E-state index contributed by atoms with van der Waals surface area (Å²) in [6.45, 7) is 18.7. The lowest BCUT2D eigenvalue weighted by atomic mass is 10.2. The molecule has 0 spiro atoms. The van der Waals surface area contributed by atoms with Gasteiger partial charge in [0.05, 0.1) is 0 Å². The van der Waals surface area contributed by atoms with Gasteiger partial charge in [0.1, 0.15) is 16.8 Å². The third-order valence-electron chi connectivity index (χ3n) is 3.29. The topological polar surface area (TPSA) is 118 Å². The molecule has 0 heterocycles. The predicted octanol–water partition coefficient (Wildman–Crippen LogP) is 2.86. The maximum Gasteiger partial charge on any atom is 0.407 e. The minimum atomic E-state index is -0.571. The van der Waals surface area contributed by atoms with Crippen LogP contribution in [-0.2, 0) is 14.2 Å². The highest BCUT2D eigenvalue weighted by molar-refractivity contribution is 5.68. The highest BCUT2D eigenvalue weighted by Gasteiger charge is 2.18. The minimum absolute atomic E-state index is 0.355. The number of alkyl carbamates (subject to hydrolysis) is 3. The Kier molecular flexibility index (Phi) is 11.7. The van der Waals surface area contributed by atoms with Crippen LogP contribution in [0.1, 0.15) is 62.3 Å². The Morgan fingerprint density at radius 1 is 0.548 bits per heavy atom. The van der Waals surface area contributed by atoms with Crippen molar-refractivity contribution in [2.24, 2.45) is 0 Å². The van der Waals surface area contributed by atoms with Crippen LogP contribution in [0.2, 0.25) is 0 Å². The largest absolute Gasteiger partial charge is 0.444 e. The van der Waals surface area contributed by atoms with Crippen LogP contribution >= 0.6 is 0 Å². The lowest BCUT2D eigenvalue weighted by Crippen LogP contribution is -2.44. The molecule has 3 amide bonds. The van der Waals surface area contributed by atoms with Gasteiger partial charge in [-0.1, -0.05) is 0 Å². The van der Waals surface area contributed by atoms with Gasteiger partial charge in [0.25, 0.3) is 0 Å².